The summed E-state index contributed by atoms with van der Waals surface area (Å²) in [4.78, 5) is 16.9. The van der Waals surface area contributed by atoms with E-state index >= 15 is 0 Å². The molecule has 0 atom stereocenters. The van der Waals surface area contributed by atoms with Gasteiger partial charge in [0.1, 0.15) is 5.82 Å². The summed E-state index contributed by atoms with van der Waals surface area (Å²) in [5.41, 5.74) is 2.09. The third kappa shape index (κ3) is 8.12. The second kappa shape index (κ2) is 12.8. The fourth-order valence-electron chi connectivity index (χ4n) is 3.84. The molecular formula is C26H43N3O. The number of unbranched alkanes of at least 4 members (excludes halogenated alkanes) is 8. The van der Waals surface area contributed by atoms with E-state index in [1.807, 2.05) is 20.8 Å². The molecule has 1 aromatic carbocycles. The molecule has 1 aromatic heterocycles. The summed E-state index contributed by atoms with van der Waals surface area (Å²) in [5.74, 6) is 1.36. The molecule has 30 heavy (non-hydrogen) atoms. The minimum atomic E-state index is -0.305. The van der Waals surface area contributed by atoms with Gasteiger partial charge < -0.3 is 9.88 Å². The van der Waals surface area contributed by atoms with Crippen LogP contribution < -0.4 is 5.32 Å². The Morgan fingerprint density at radius 2 is 1.60 bits per heavy atom. The number of amides is 1. The van der Waals surface area contributed by atoms with Gasteiger partial charge in [-0.3, -0.25) is 4.79 Å². The van der Waals surface area contributed by atoms with Gasteiger partial charge in [-0.25, -0.2) is 4.98 Å². The fraction of sp³-hybridized carbons (Fsp3) is 0.692. The number of aromatic nitrogens is 2. The van der Waals surface area contributed by atoms with E-state index in [1.54, 1.807) is 0 Å². The number of hydrogen-bond donors (Lipinski definition) is 1. The van der Waals surface area contributed by atoms with Crippen LogP contribution in [0.4, 0.5) is 0 Å². The molecule has 0 aliphatic heterocycles. The van der Waals surface area contributed by atoms with Crippen LogP contribution in [0.3, 0.4) is 0 Å². The Balaban J connectivity index is 1.78. The number of imidazole rings is 1. The highest BCUT2D eigenvalue weighted by atomic mass is 16.2. The standard InChI is InChI=1S/C26H43N3O/c1-5-6-7-8-9-10-16-21-29-23-18-14-13-17-22(23)28-24(29)19-12-11-15-20-27-25(30)26(2,3)4/h13-14,17-18H,5-12,15-16,19-21H2,1-4H3,(H,27,30). The second-order valence-electron chi connectivity index (χ2n) is 9.61. The van der Waals surface area contributed by atoms with Crippen molar-refractivity contribution in [3.63, 3.8) is 0 Å². The van der Waals surface area contributed by atoms with E-state index in [9.17, 15) is 4.79 Å². The van der Waals surface area contributed by atoms with Crippen molar-refractivity contribution in [1.29, 1.82) is 0 Å². The van der Waals surface area contributed by atoms with E-state index < -0.39 is 0 Å². The van der Waals surface area contributed by atoms with E-state index in [0.29, 0.717) is 0 Å². The first kappa shape index (κ1) is 24.4. The van der Waals surface area contributed by atoms with E-state index in [0.717, 1.165) is 44.3 Å². The van der Waals surface area contributed by atoms with Crippen molar-refractivity contribution in [3.8, 4) is 0 Å². The Bertz CT molecular complexity index is 757. The Morgan fingerprint density at radius 3 is 2.33 bits per heavy atom. The van der Waals surface area contributed by atoms with Crippen LogP contribution in [0.15, 0.2) is 24.3 Å². The lowest BCUT2D eigenvalue weighted by Gasteiger charge is -2.17. The molecule has 0 unspecified atom stereocenters. The van der Waals surface area contributed by atoms with E-state index in [2.05, 4.69) is 41.1 Å². The SMILES string of the molecule is CCCCCCCCCn1c(CCCCCNC(=O)C(C)(C)C)nc2ccccc21. The Morgan fingerprint density at radius 1 is 0.933 bits per heavy atom. The van der Waals surface area contributed by atoms with Crippen LogP contribution in [-0.2, 0) is 17.8 Å². The minimum Gasteiger partial charge on any atom is -0.356 e. The van der Waals surface area contributed by atoms with Crippen LogP contribution in [0.5, 0.6) is 0 Å². The van der Waals surface area contributed by atoms with Gasteiger partial charge in [-0.2, -0.15) is 0 Å². The van der Waals surface area contributed by atoms with Gasteiger partial charge in [-0.15, -0.1) is 0 Å². The van der Waals surface area contributed by atoms with Crippen LogP contribution in [0.1, 0.15) is 97.7 Å². The van der Waals surface area contributed by atoms with Crippen LogP contribution in [0.2, 0.25) is 0 Å². The third-order valence-corrected chi connectivity index (χ3v) is 5.76. The number of benzene rings is 1. The Labute approximate surface area is 183 Å². The highest BCUT2D eigenvalue weighted by molar-refractivity contribution is 5.81. The van der Waals surface area contributed by atoms with Crippen molar-refractivity contribution in [2.75, 3.05) is 6.54 Å². The predicted octanol–water partition coefficient (Wildman–Crippen LogP) is 6.66. The number of rotatable bonds is 14. The smallest absolute Gasteiger partial charge is 0.225 e. The third-order valence-electron chi connectivity index (χ3n) is 5.76. The fourth-order valence-corrected chi connectivity index (χ4v) is 3.84. The average Bonchev–Trinajstić information content (AvgIpc) is 3.06. The summed E-state index contributed by atoms with van der Waals surface area (Å²) in [5, 5.41) is 3.05. The molecule has 0 bridgehead atoms. The number of para-hydroxylation sites is 2. The van der Waals surface area contributed by atoms with Gasteiger partial charge >= 0.3 is 0 Å². The van der Waals surface area contributed by atoms with Crippen LogP contribution in [-0.4, -0.2) is 22.0 Å². The number of nitrogens with one attached hydrogen (secondary N) is 1. The van der Waals surface area contributed by atoms with Gasteiger partial charge in [0.25, 0.3) is 0 Å². The van der Waals surface area contributed by atoms with Gasteiger partial charge in [0.05, 0.1) is 11.0 Å². The maximum absolute atomic E-state index is 11.9. The summed E-state index contributed by atoms with van der Waals surface area (Å²) < 4.78 is 2.45. The first-order chi connectivity index (χ1) is 14.4. The molecule has 1 heterocycles. The molecule has 0 saturated heterocycles. The summed E-state index contributed by atoms with van der Waals surface area (Å²) in [6.45, 7) is 9.98. The zero-order chi connectivity index (χ0) is 21.8. The van der Waals surface area contributed by atoms with E-state index in [-0.39, 0.29) is 11.3 Å². The Kier molecular flexibility index (Phi) is 10.4. The van der Waals surface area contributed by atoms with Gasteiger partial charge in [-0.1, -0.05) is 84.8 Å². The molecule has 4 heteroatoms. The van der Waals surface area contributed by atoms with E-state index in [4.69, 9.17) is 4.98 Å². The zero-order valence-electron chi connectivity index (χ0n) is 19.8. The summed E-state index contributed by atoms with van der Waals surface area (Å²) >= 11 is 0. The average molecular weight is 414 g/mol. The van der Waals surface area contributed by atoms with Crippen molar-refractivity contribution < 1.29 is 4.79 Å². The molecular weight excluding hydrogens is 370 g/mol. The van der Waals surface area contributed by atoms with Crippen LogP contribution in [0, 0.1) is 5.41 Å². The predicted molar refractivity (Wildman–Crippen MR) is 128 cm³/mol. The molecule has 2 rings (SSSR count). The number of carbonyl (C=O) groups is 1. The van der Waals surface area contributed by atoms with Gasteiger partial charge in [0, 0.05) is 24.9 Å². The highest BCUT2D eigenvalue weighted by Crippen LogP contribution is 2.19. The largest absolute Gasteiger partial charge is 0.356 e. The maximum Gasteiger partial charge on any atom is 0.225 e. The molecule has 4 nitrogen and oxygen atoms in total. The van der Waals surface area contributed by atoms with Crippen molar-refractivity contribution in [3.05, 3.63) is 30.1 Å². The quantitative estimate of drug-likeness (QED) is 0.352. The molecule has 1 amide bonds. The molecule has 168 valence electrons. The normalized spacial score (nSPS) is 11.9. The molecule has 0 aliphatic rings. The van der Waals surface area contributed by atoms with Crippen molar-refractivity contribution in [1.82, 2.24) is 14.9 Å². The topological polar surface area (TPSA) is 46.9 Å². The van der Waals surface area contributed by atoms with Gasteiger partial charge in [0.15, 0.2) is 0 Å². The molecule has 0 fully saturated rings. The number of carbonyl (C=O) groups excluding carboxylic acids is 1. The first-order valence-corrected chi connectivity index (χ1v) is 12.2. The summed E-state index contributed by atoms with van der Waals surface area (Å²) in [7, 11) is 0. The maximum atomic E-state index is 11.9. The van der Waals surface area contributed by atoms with Crippen LogP contribution >= 0.6 is 0 Å². The van der Waals surface area contributed by atoms with Gasteiger partial charge in [0.2, 0.25) is 5.91 Å². The summed E-state index contributed by atoms with van der Waals surface area (Å²) in [6.07, 6.45) is 13.6. The van der Waals surface area contributed by atoms with E-state index in [1.165, 1.54) is 56.3 Å². The lowest BCUT2D eigenvalue weighted by Crippen LogP contribution is -2.35. The first-order valence-electron chi connectivity index (χ1n) is 12.2. The molecule has 0 saturated carbocycles. The lowest BCUT2D eigenvalue weighted by atomic mass is 9.96. The minimum absolute atomic E-state index is 0.138. The number of aryl methyl sites for hydroxylation is 2. The monoisotopic (exact) mass is 413 g/mol. The van der Waals surface area contributed by atoms with Gasteiger partial charge in [-0.05, 0) is 31.4 Å². The lowest BCUT2D eigenvalue weighted by molar-refractivity contribution is -0.128. The van der Waals surface area contributed by atoms with Crippen molar-refractivity contribution >= 4 is 16.9 Å². The molecule has 0 radical (unpaired) electrons. The van der Waals surface area contributed by atoms with Crippen molar-refractivity contribution in [2.45, 2.75) is 105 Å². The Hall–Kier alpha value is -1.84. The van der Waals surface area contributed by atoms with Crippen LogP contribution in [0.25, 0.3) is 11.0 Å². The highest BCUT2D eigenvalue weighted by Gasteiger charge is 2.20. The van der Waals surface area contributed by atoms with Crippen molar-refractivity contribution in [2.24, 2.45) is 5.41 Å². The molecule has 0 aliphatic carbocycles. The molecule has 0 spiro atoms. The number of nitrogens with zero attached hydrogens (tertiary/aromatic N) is 2. The zero-order valence-corrected chi connectivity index (χ0v) is 19.8. The summed E-state index contributed by atoms with van der Waals surface area (Å²) in [6, 6.07) is 8.53. The molecule has 1 N–H and O–H groups in total. The number of fused-ring (bicyclic) bond motifs is 1. The second-order valence-corrected chi connectivity index (χ2v) is 9.61. The number of hydrogen-bond acceptors (Lipinski definition) is 2. The molecule has 2 aromatic rings.